The Kier molecular flexibility index (Phi) is 6.79. The van der Waals surface area contributed by atoms with Crippen molar-refractivity contribution >= 4 is 41.5 Å². The van der Waals surface area contributed by atoms with Gasteiger partial charge in [-0.05, 0) is 12.5 Å². The second kappa shape index (κ2) is 9.68. The molecule has 0 unspecified atom stereocenters. The van der Waals surface area contributed by atoms with E-state index in [-0.39, 0.29) is 23.5 Å². The van der Waals surface area contributed by atoms with E-state index in [1.807, 2.05) is 24.3 Å². The first-order chi connectivity index (χ1) is 14.1. The summed E-state index contributed by atoms with van der Waals surface area (Å²) in [5, 5.41) is 17.3. The van der Waals surface area contributed by atoms with Gasteiger partial charge in [0.15, 0.2) is 5.69 Å². The number of anilines is 3. The van der Waals surface area contributed by atoms with Crippen LogP contribution >= 0.6 is 0 Å². The lowest BCUT2D eigenvalue weighted by Gasteiger charge is -2.29. The lowest BCUT2D eigenvalue weighted by molar-refractivity contribution is -0.576. The van der Waals surface area contributed by atoms with Gasteiger partial charge in [0.25, 0.3) is 5.91 Å². The first-order valence-electron chi connectivity index (χ1n) is 9.06. The van der Waals surface area contributed by atoms with E-state index in [2.05, 4.69) is 25.7 Å². The van der Waals surface area contributed by atoms with Crippen LogP contribution in [0.3, 0.4) is 0 Å². The molecule has 1 amide bonds. The summed E-state index contributed by atoms with van der Waals surface area (Å²) in [4.78, 5) is 20.4. The Labute approximate surface area is 167 Å². The van der Waals surface area contributed by atoms with Gasteiger partial charge in [0.2, 0.25) is 5.95 Å². The number of aromatic nitrogens is 2. The van der Waals surface area contributed by atoms with Crippen molar-refractivity contribution in [1.82, 2.24) is 9.97 Å². The number of rotatable bonds is 8. The van der Waals surface area contributed by atoms with Crippen LogP contribution in [0.4, 0.5) is 23.1 Å². The van der Waals surface area contributed by atoms with Crippen LogP contribution in [0.15, 0.2) is 35.6 Å². The monoisotopic (exact) mass is 398 g/mol. The smallest absolute Gasteiger partial charge is 0.254 e. The molecule has 0 aliphatic carbocycles. The van der Waals surface area contributed by atoms with Gasteiger partial charge in [-0.1, -0.05) is 11.2 Å². The highest BCUT2D eigenvalue weighted by Gasteiger charge is 2.23. The van der Waals surface area contributed by atoms with Gasteiger partial charge >= 0.3 is 0 Å². The number of nitrogens with zero attached hydrogens (tertiary/aromatic N) is 3. The number of nitrogens with one attached hydrogen (secondary N) is 3. The summed E-state index contributed by atoms with van der Waals surface area (Å²) in [6.07, 6.45) is 4.58. The minimum absolute atomic E-state index is 0.0272. The predicted molar refractivity (Wildman–Crippen MR) is 110 cm³/mol. The normalized spacial score (nSPS) is 19.1. The molecule has 0 radical (unpaired) electrons. The fourth-order valence-electron chi connectivity index (χ4n) is 2.84. The molecule has 3 rings (SSSR count). The molecule has 0 spiro atoms. The third kappa shape index (κ3) is 5.54. The summed E-state index contributed by atoms with van der Waals surface area (Å²) in [7, 11) is 0. The van der Waals surface area contributed by atoms with Crippen molar-refractivity contribution in [1.29, 1.82) is 5.41 Å². The minimum Gasteiger partial charge on any atom is -0.380 e. The number of nitrogens with two attached hydrogens (primary N) is 3. The summed E-state index contributed by atoms with van der Waals surface area (Å²) in [5.74, 6) is -0.00552. The summed E-state index contributed by atoms with van der Waals surface area (Å²) in [6, 6.07) is 7.15. The second-order valence-electron chi connectivity index (χ2n) is 6.44. The molecule has 2 aromatic rings. The maximum Gasteiger partial charge on any atom is 0.254 e. The summed E-state index contributed by atoms with van der Waals surface area (Å²) in [5.41, 5.74) is 14.8. The fraction of sp³-hybridized carbons (Fsp3) is 0.278. The van der Waals surface area contributed by atoms with E-state index in [1.165, 1.54) is 12.4 Å². The maximum absolute atomic E-state index is 11.8. The van der Waals surface area contributed by atoms with Gasteiger partial charge in [0.1, 0.15) is 17.6 Å². The molecule has 1 aliphatic heterocycles. The van der Waals surface area contributed by atoms with E-state index in [1.54, 1.807) is 5.43 Å². The fourth-order valence-corrected chi connectivity index (χ4v) is 2.84. The Hall–Kier alpha value is -3.41. The molecule has 2 heterocycles. The van der Waals surface area contributed by atoms with Crippen molar-refractivity contribution in [3.05, 3.63) is 36.0 Å². The largest absolute Gasteiger partial charge is 0.380 e. The number of benzene rings is 1. The van der Waals surface area contributed by atoms with Crippen LogP contribution in [0.5, 0.6) is 0 Å². The third-order valence-electron chi connectivity index (χ3n) is 4.30. The van der Waals surface area contributed by atoms with E-state index < -0.39 is 5.91 Å². The van der Waals surface area contributed by atoms with Crippen molar-refractivity contribution in [3.63, 3.8) is 0 Å². The molecule has 1 aromatic carbocycles. The van der Waals surface area contributed by atoms with Crippen LogP contribution in [-0.2, 0) is 4.74 Å². The van der Waals surface area contributed by atoms with Crippen molar-refractivity contribution < 1.29 is 15.0 Å². The lowest BCUT2D eigenvalue weighted by atomic mass is 10.1. The molecule has 0 bridgehead atoms. The van der Waals surface area contributed by atoms with Crippen LogP contribution in [0.2, 0.25) is 0 Å². The zero-order valence-corrected chi connectivity index (χ0v) is 15.7. The lowest BCUT2D eigenvalue weighted by Crippen LogP contribution is -2.71. The highest BCUT2D eigenvalue weighted by atomic mass is 16.5. The molecule has 152 valence electrons. The quantitative estimate of drug-likeness (QED) is 0.152. The summed E-state index contributed by atoms with van der Waals surface area (Å²) >= 11 is 0. The Morgan fingerprint density at radius 2 is 2.31 bits per heavy atom. The first kappa shape index (κ1) is 20.3. The van der Waals surface area contributed by atoms with Crippen LogP contribution in [0, 0.1) is 5.41 Å². The Morgan fingerprint density at radius 1 is 1.45 bits per heavy atom. The van der Waals surface area contributed by atoms with Gasteiger partial charge in [-0.2, -0.15) is 10.4 Å². The van der Waals surface area contributed by atoms with Gasteiger partial charge in [-0.25, -0.2) is 4.98 Å². The van der Waals surface area contributed by atoms with Gasteiger partial charge in [0, 0.05) is 48.9 Å². The van der Waals surface area contributed by atoms with Crippen LogP contribution in [-0.4, -0.2) is 53.6 Å². The molecular formula is C18H24N9O2+. The van der Waals surface area contributed by atoms with E-state index in [9.17, 15) is 4.79 Å². The molecule has 1 saturated heterocycles. The number of hydrogen-bond acceptors (Lipinski definition) is 9. The third-order valence-corrected chi connectivity index (χ3v) is 4.30. The van der Waals surface area contributed by atoms with Crippen LogP contribution < -0.4 is 27.5 Å². The molecule has 11 nitrogen and oxygen atoms in total. The van der Waals surface area contributed by atoms with Gasteiger partial charge < -0.3 is 32.2 Å². The topological polar surface area (TPSA) is 181 Å². The van der Waals surface area contributed by atoms with E-state index in [0.717, 1.165) is 18.3 Å². The Morgan fingerprint density at radius 3 is 3.07 bits per heavy atom. The minimum atomic E-state index is -0.639. The number of quaternary nitrogens is 1. The van der Waals surface area contributed by atoms with Crippen molar-refractivity contribution in [2.45, 2.75) is 18.5 Å². The second-order valence-corrected chi connectivity index (χ2v) is 6.44. The highest BCUT2D eigenvalue weighted by molar-refractivity contribution is 6.14. The predicted octanol–water partition coefficient (Wildman–Crippen LogP) is -0.323. The molecule has 11 heteroatoms. The maximum atomic E-state index is 11.8. The average Bonchev–Trinajstić information content (AvgIpc) is 2.70. The number of ether oxygens (including phenoxy) is 1. The van der Waals surface area contributed by atoms with E-state index in [4.69, 9.17) is 21.6 Å². The molecule has 9 N–H and O–H groups in total. The molecule has 0 saturated carbocycles. The number of amides is 1. The van der Waals surface area contributed by atoms with Gasteiger partial charge in [0.05, 0.1) is 6.61 Å². The Balaban J connectivity index is 1.81. The average molecular weight is 398 g/mol. The number of carbonyl (C=O) groups is 1. The Bertz CT molecular complexity index is 903. The van der Waals surface area contributed by atoms with Crippen molar-refractivity contribution in [2.75, 3.05) is 23.8 Å². The molecule has 2 atom stereocenters. The first-order valence-corrected chi connectivity index (χ1v) is 9.06. The summed E-state index contributed by atoms with van der Waals surface area (Å²) < 4.78 is 5.34. The van der Waals surface area contributed by atoms with Crippen molar-refractivity contribution in [3.8, 4) is 0 Å². The zero-order chi connectivity index (χ0) is 20.6. The van der Waals surface area contributed by atoms with Gasteiger partial charge in [-0.15, -0.1) is 0 Å². The van der Waals surface area contributed by atoms with E-state index >= 15 is 0 Å². The van der Waals surface area contributed by atoms with E-state index in [0.29, 0.717) is 24.8 Å². The van der Waals surface area contributed by atoms with Crippen LogP contribution in [0.25, 0.3) is 0 Å². The highest BCUT2D eigenvalue weighted by Crippen LogP contribution is 2.22. The number of primary amides is 1. The molecule has 29 heavy (non-hydrogen) atoms. The summed E-state index contributed by atoms with van der Waals surface area (Å²) in [6.45, 7) is 1.07. The molecule has 1 fully saturated rings. The van der Waals surface area contributed by atoms with Crippen molar-refractivity contribution in [2.24, 2.45) is 16.6 Å². The number of carbonyl (C=O) groups excluding carboxylic acids is 1. The molecule has 1 aliphatic rings. The SMILES string of the molecule is N=C/C=N\[NH2+]c1cccc(Nc2nc(N[C@@H]3CCOC[C@@H]3N)ncc2C(N)=O)c1. The molecular weight excluding hydrogens is 374 g/mol. The van der Waals surface area contributed by atoms with Crippen LogP contribution in [0.1, 0.15) is 16.8 Å². The zero-order valence-electron chi connectivity index (χ0n) is 15.7. The van der Waals surface area contributed by atoms with Gasteiger partial charge in [-0.3, -0.25) is 4.79 Å². The standard InChI is InChI=1S/C18H23N9O2/c19-5-6-23-27-12-3-1-2-11(8-12)24-17-13(16(21)28)9-22-18(26-17)25-15-4-7-29-10-14(15)20/h1-3,5-6,8-9,14-15,19,27H,4,7,10,20H2,(H2,21,28)(H2,22,24,25,26)/p+1/b19-5?,23-6-/t14-,15+/m0/s1. The molecule has 1 aromatic heterocycles. The number of hydrogen-bond donors (Lipinski definition) is 6.